The molecule has 2 unspecified atom stereocenters. The molecule has 1 aliphatic rings. The first-order valence-corrected chi connectivity index (χ1v) is 6.54. The Labute approximate surface area is 67.7 Å². The lowest BCUT2D eigenvalue weighted by Crippen LogP contribution is -2.40. The molecule has 1 aliphatic heterocycles. The van der Waals surface area contributed by atoms with E-state index < -0.39 is 0 Å². The zero-order chi connectivity index (χ0) is 6.91. The molecule has 9 heavy (non-hydrogen) atoms. The zero-order valence-corrected chi connectivity index (χ0v) is 8.04. The molecule has 1 nitrogen and oxygen atoms in total. The average molecular weight is 181 g/mol. The third-order valence-corrected chi connectivity index (χ3v) is 6.58. The molecule has 1 saturated heterocycles. The van der Waals surface area contributed by atoms with Crippen molar-refractivity contribution in [2.45, 2.75) is 18.7 Å². The minimum Gasteiger partial charge on any atom is -0.316 e. The van der Waals surface area contributed by atoms with Gasteiger partial charge in [-0.1, -0.05) is 28.5 Å². The molecule has 2 atom stereocenters. The Hall–Kier alpha value is 1.01. The van der Waals surface area contributed by atoms with Gasteiger partial charge in [-0.3, -0.25) is 0 Å². The second-order valence-corrected chi connectivity index (χ2v) is 7.11. The topological polar surface area (TPSA) is 26.0 Å². The van der Waals surface area contributed by atoms with E-state index in [4.69, 9.17) is 5.73 Å². The summed E-state index contributed by atoms with van der Waals surface area (Å²) in [6.07, 6.45) is 0. The molecule has 0 aliphatic carbocycles. The quantitative estimate of drug-likeness (QED) is 0.580. The van der Waals surface area contributed by atoms with Crippen molar-refractivity contribution in [1.82, 2.24) is 0 Å². The largest absolute Gasteiger partial charge is 0.316 e. The summed E-state index contributed by atoms with van der Waals surface area (Å²) in [6, 6.07) is 0. The summed E-state index contributed by atoms with van der Waals surface area (Å²) >= 11 is 0. The monoisotopic (exact) mass is 181 g/mol. The lowest BCUT2D eigenvalue weighted by Gasteiger charge is -2.33. The van der Waals surface area contributed by atoms with Crippen LogP contribution < -0.4 is 5.73 Å². The smallest absolute Gasteiger partial charge is 0.0737 e. The molecule has 4 heteroatoms. The Kier molecular flexibility index (Phi) is 2.65. The SMILES string of the molecule is CC1CSSSC1(C)N. The summed E-state index contributed by atoms with van der Waals surface area (Å²) < 4.78 is 0. The summed E-state index contributed by atoms with van der Waals surface area (Å²) in [4.78, 5) is -0.00405. The molecule has 0 aromatic rings. The standard InChI is InChI=1S/C5H11NS3/c1-4-3-7-9-8-5(4,2)6/h4H,3,6H2,1-2H3. The maximum Gasteiger partial charge on any atom is 0.0737 e. The Morgan fingerprint density at radius 2 is 2.33 bits per heavy atom. The second-order valence-electron chi connectivity index (χ2n) is 2.52. The Bertz CT molecular complexity index is 104. The van der Waals surface area contributed by atoms with Crippen molar-refractivity contribution in [1.29, 1.82) is 0 Å². The molecule has 0 aromatic heterocycles. The molecule has 0 radical (unpaired) electrons. The van der Waals surface area contributed by atoms with E-state index in [1.165, 1.54) is 5.75 Å². The molecule has 0 amide bonds. The first-order valence-electron chi connectivity index (χ1n) is 2.89. The molecular formula is C5H11NS3. The molecule has 0 aromatic carbocycles. The number of rotatable bonds is 0. The minimum absolute atomic E-state index is 0.00405. The third-order valence-electron chi connectivity index (χ3n) is 1.56. The van der Waals surface area contributed by atoms with E-state index >= 15 is 0 Å². The van der Waals surface area contributed by atoms with Crippen molar-refractivity contribution in [3.8, 4) is 0 Å². The summed E-state index contributed by atoms with van der Waals surface area (Å²) in [5, 5.41) is 0. The predicted octanol–water partition coefficient (Wildman–Crippen LogP) is 2.34. The number of hydrogen-bond acceptors (Lipinski definition) is 4. The van der Waals surface area contributed by atoms with E-state index in [0.717, 1.165) is 0 Å². The van der Waals surface area contributed by atoms with Gasteiger partial charge < -0.3 is 5.73 Å². The summed E-state index contributed by atoms with van der Waals surface area (Å²) in [7, 11) is 5.50. The first-order chi connectivity index (χ1) is 4.13. The second kappa shape index (κ2) is 2.95. The maximum absolute atomic E-state index is 5.95. The van der Waals surface area contributed by atoms with Crippen LogP contribution in [0.3, 0.4) is 0 Å². The normalized spacial score (nSPS) is 45.0. The maximum atomic E-state index is 5.95. The molecule has 0 saturated carbocycles. The number of nitrogens with two attached hydrogens (primary N) is 1. The van der Waals surface area contributed by atoms with Gasteiger partial charge in [0.05, 0.1) is 4.87 Å². The van der Waals surface area contributed by atoms with E-state index in [0.29, 0.717) is 5.92 Å². The van der Waals surface area contributed by atoms with Crippen LogP contribution in [0, 0.1) is 5.92 Å². The van der Waals surface area contributed by atoms with E-state index in [1.807, 2.05) is 20.6 Å². The van der Waals surface area contributed by atoms with Gasteiger partial charge in [-0.15, -0.1) is 0 Å². The highest BCUT2D eigenvalue weighted by atomic mass is 33.5. The van der Waals surface area contributed by atoms with Gasteiger partial charge in [-0.25, -0.2) is 0 Å². The summed E-state index contributed by atoms with van der Waals surface area (Å²) in [6.45, 7) is 4.31. The van der Waals surface area contributed by atoms with Crippen molar-refractivity contribution in [3.63, 3.8) is 0 Å². The predicted molar refractivity (Wildman–Crippen MR) is 49.4 cm³/mol. The Morgan fingerprint density at radius 3 is 2.67 bits per heavy atom. The van der Waals surface area contributed by atoms with Gasteiger partial charge in [-0.2, -0.15) is 0 Å². The van der Waals surface area contributed by atoms with Crippen LogP contribution in [0.4, 0.5) is 0 Å². The Balaban J connectivity index is 2.49. The van der Waals surface area contributed by atoms with E-state index in [9.17, 15) is 0 Å². The van der Waals surface area contributed by atoms with Crippen molar-refractivity contribution in [2.24, 2.45) is 11.7 Å². The molecule has 1 fully saturated rings. The lowest BCUT2D eigenvalue weighted by molar-refractivity contribution is 0.493. The van der Waals surface area contributed by atoms with Crippen molar-refractivity contribution >= 4 is 31.4 Å². The minimum atomic E-state index is -0.00405. The van der Waals surface area contributed by atoms with E-state index in [2.05, 4.69) is 13.8 Å². The van der Waals surface area contributed by atoms with Gasteiger partial charge >= 0.3 is 0 Å². The molecule has 0 spiro atoms. The molecular weight excluding hydrogens is 170 g/mol. The van der Waals surface area contributed by atoms with Crippen molar-refractivity contribution in [3.05, 3.63) is 0 Å². The van der Waals surface area contributed by atoms with Crippen LogP contribution in [0.1, 0.15) is 13.8 Å². The summed E-state index contributed by atoms with van der Waals surface area (Å²) in [5.41, 5.74) is 5.95. The third kappa shape index (κ3) is 1.97. The van der Waals surface area contributed by atoms with Crippen LogP contribution in [-0.2, 0) is 0 Å². The molecule has 2 N–H and O–H groups in total. The lowest BCUT2D eigenvalue weighted by atomic mass is 10.1. The molecule has 0 bridgehead atoms. The van der Waals surface area contributed by atoms with Crippen molar-refractivity contribution in [2.75, 3.05) is 5.75 Å². The van der Waals surface area contributed by atoms with Gasteiger partial charge in [0.2, 0.25) is 0 Å². The van der Waals surface area contributed by atoms with Crippen LogP contribution in [0.25, 0.3) is 0 Å². The number of hydrogen-bond donors (Lipinski definition) is 1. The molecule has 54 valence electrons. The van der Waals surface area contributed by atoms with Gasteiger partial charge in [0.25, 0.3) is 0 Å². The fourth-order valence-electron chi connectivity index (χ4n) is 0.475. The Morgan fingerprint density at radius 1 is 1.67 bits per heavy atom. The van der Waals surface area contributed by atoms with Gasteiger partial charge in [0.15, 0.2) is 0 Å². The fraction of sp³-hybridized carbons (Fsp3) is 1.00. The summed E-state index contributed by atoms with van der Waals surface area (Å²) in [5.74, 6) is 1.82. The van der Waals surface area contributed by atoms with Crippen LogP contribution in [-0.4, -0.2) is 10.6 Å². The van der Waals surface area contributed by atoms with Gasteiger partial charge in [0, 0.05) is 5.75 Å². The van der Waals surface area contributed by atoms with Gasteiger partial charge in [0.1, 0.15) is 0 Å². The highest BCUT2D eigenvalue weighted by molar-refractivity contribution is 9.09. The fourth-order valence-corrected chi connectivity index (χ4v) is 5.74. The molecule has 1 heterocycles. The average Bonchev–Trinajstić information content (AvgIpc) is 1.77. The van der Waals surface area contributed by atoms with Crippen LogP contribution >= 0.6 is 31.4 Å². The van der Waals surface area contributed by atoms with Crippen molar-refractivity contribution < 1.29 is 0 Å². The zero-order valence-electron chi connectivity index (χ0n) is 5.59. The first kappa shape index (κ1) is 8.11. The van der Waals surface area contributed by atoms with Crippen LogP contribution in [0.15, 0.2) is 0 Å². The highest BCUT2D eigenvalue weighted by Crippen LogP contribution is 2.50. The van der Waals surface area contributed by atoms with Crippen LogP contribution in [0.2, 0.25) is 0 Å². The van der Waals surface area contributed by atoms with E-state index in [-0.39, 0.29) is 4.87 Å². The van der Waals surface area contributed by atoms with Gasteiger partial charge in [-0.05, 0) is 22.7 Å². The van der Waals surface area contributed by atoms with E-state index in [1.54, 1.807) is 10.8 Å². The highest BCUT2D eigenvalue weighted by Gasteiger charge is 2.31. The molecule has 1 rings (SSSR count). The van der Waals surface area contributed by atoms with Crippen LogP contribution in [0.5, 0.6) is 0 Å².